The fraction of sp³-hybridized carbons (Fsp3) is 0.417. The monoisotopic (exact) mass is 426 g/mol. The largest absolute Gasteiger partial charge is 0.393 e. The lowest BCUT2D eigenvalue weighted by Crippen LogP contribution is -2.62. The second-order valence-electron chi connectivity index (χ2n) is 8.66. The van der Waals surface area contributed by atoms with Gasteiger partial charge in [-0.3, -0.25) is 0 Å². The number of rotatable bonds is 4. The Kier molecular flexibility index (Phi) is 4.88. The van der Waals surface area contributed by atoms with Crippen LogP contribution in [0.2, 0.25) is 0 Å². The van der Waals surface area contributed by atoms with E-state index in [1.807, 2.05) is 24.3 Å². The van der Waals surface area contributed by atoms with Gasteiger partial charge in [0.05, 0.1) is 16.2 Å². The van der Waals surface area contributed by atoms with Crippen molar-refractivity contribution in [2.24, 2.45) is 17.3 Å². The fourth-order valence-electron chi connectivity index (χ4n) is 5.96. The third kappa shape index (κ3) is 3.18. The van der Waals surface area contributed by atoms with Gasteiger partial charge >= 0.3 is 0 Å². The van der Waals surface area contributed by atoms with Crippen LogP contribution in [0.3, 0.4) is 0 Å². The molecule has 1 spiro atoms. The Morgan fingerprint density at radius 2 is 1.69 bits per heavy atom. The molecule has 2 bridgehead atoms. The maximum Gasteiger partial charge on any atom is 0.181 e. The Balaban J connectivity index is 1.60. The smallest absolute Gasteiger partial charge is 0.181 e. The van der Waals surface area contributed by atoms with Crippen LogP contribution in [0.5, 0.6) is 0 Å². The highest BCUT2D eigenvalue weighted by atomic mass is 32.2. The SMILES string of the molecule is O=S(=O)(c1ccccc1)[C@H]1[C@@H]2CC[C@@]3(C=CC[C@@H](Sc4ccccc4)[C@H]13)C[C@@H]2O. The number of benzene rings is 2. The molecule has 0 saturated heterocycles. The van der Waals surface area contributed by atoms with Crippen molar-refractivity contribution < 1.29 is 13.5 Å². The van der Waals surface area contributed by atoms with E-state index in [0.29, 0.717) is 11.3 Å². The van der Waals surface area contributed by atoms with E-state index in [4.69, 9.17) is 0 Å². The molecule has 152 valence electrons. The van der Waals surface area contributed by atoms with Crippen LogP contribution in [-0.4, -0.2) is 30.1 Å². The predicted molar refractivity (Wildman–Crippen MR) is 117 cm³/mol. The van der Waals surface area contributed by atoms with Crippen LogP contribution in [0.15, 0.2) is 82.6 Å². The maximum absolute atomic E-state index is 13.8. The van der Waals surface area contributed by atoms with Gasteiger partial charge in [-0.15, -0.1) is 11.8 Å². The topological polar surface area (TPSA) is 54.4 Å². The van der Waals surface area contributed by atoms with E-state index in [2.05, 4.69) is 24.3 Å². The molecule has 0 aliphatic heterocycles. The number of fused-ring (bicyclic) bond motifs is 2. The summed E-state index contributed by atoms with van der Waals surface area (Å²) in [4.78, 5) is 1.57. The number of hydrogen-bond donors (Lipinski definition) is 1. The lowest BCUT2D eigenvalue weighted by molar-refractivity contribution is -0.0665. The lowest BCUT2D eigenvalue weighted by atomic mass is 9.51. The Hall–Kier alpha value is -1.56. The highest BCUT2D eigenvalue weighted by Gasteiger charge is 2.62. The summed E-state index contributed by atoms with van der Waals surface area (Å²) in [7, 11) is -3.53. The molecule has 2 aromatic rings. The van der Waals surface area contributed by atoms with E-state index in [9.17, 15) is 13.5 Å². The van der Waals surface area contributed by atoms with Gasteiger partial charge in [-0.25, -0.2) is 8.42 Å². The summed E-state index contributed by atoms with van der Waals surface area (Å²) in [6, 6.07) is 19.1. The molecule has 3 fully saturated rings. The quantitative estimate of drug-likeness (QED) is 0.719. The molecule has 3 nitrogen and oxygen atoms in total. The van der Waals surface area contributed by atoms with Crippen molar-refractivity contribution in [3.05, 3.63) is 72.8 Å². The van der Waals surface area contributed by atoms with Gasteiger partial charge in [0.2, 0.25) is 0 Å². The van der Waals surface area contributed by atoms with E-state index >= 15 is 0 Å². The zero-order valence-electron chi connectivity index (χ0n) is 16.2. The second kappa shape index (κ2) is 7.29. The third-order valence-corrected chi connectivity index (χ3v) is 10.8. The van der Waals surface area contributed by atoms with Gasteiger partial charge in [0.25, 0.3) is 0 Å². The summed E-state index contributed by atoms with van der Waals surface area (Å²) in [5.74, 6) is -0.164. The summed E-state index contributed by atoms with van der Waals surface area (Å²) < 4.78 is 27.7. The van der Waals surface area contributed by atoms with Crippen molar-refractivity contribution in [2.75, 3.05) is 0 Å². The molecule has 0 unspecified atom stereocenters. The number of thioether (sulfide) groups is 1. The summed E-state index contributed by atoms with van der Waals surface area (Å²) in [5.41, 5.74) is -0.217. The number of aliphatic hydroxyl groups is 1. The minimum absolute atomic E-state index is 0.0186. The van der Waals surface area contributed by atoms with E-state index in [1.54, 1.807) is 36.0 Å². The van der Waals surface area contributed by atoms with E-state index < -0.39 is 21.2 Å². The molecule has 5 heteroatoms. The Bertz CT molecular complexity index is 1000. The minimum Gasteiger partial charge on any atom is -0.393 e. The van der Waals surface area contributed by atoms with E-state index in [0.717, 1.165) is 19.3 Å². The van der Waals surface area contributed by atoms with Crippen molar-refractivity contribution in [3.8, 4) is 0 Å². The van der Waals surface area contributed by atoms with Gasteiger partial charge in [-0.05, 0) is 61.3 Å². The number of sulfone groups is 1. The molecule has 6 atom stereocenters. The first-order valence-corrected chi connectivity index (χ1v) is 12.8. The van der Waals surface area contributed by atoms with Gasteiger partial charge in [0, 0.05) is 16.1 Å². The molecule has 4 aliphatic rings. The Morgan fingerprint density at radius 3 is 2.38 bits per heavy atom. The average Bonchev–Trinajstić information content (AvgIpc) is 2.74. The standard InChI is InChI=1S/C24H26O3S2/c25-20-16-24-14-7-12-21(28-17-8-3-1-4-9-17)22(24)23(19(20)13-15-24)29(26,27)18-10-5-2-6-11-18/h1-11,14,19-23,25H,12-13,15-16H2/t19-,20+,21-,22-,23+,24+/m1/s1. The van der Waals surface area contributed by atoms with E-state index in [1.165, 1.54) is 4.90 Å². The van der Waals surface area contributed by atoms with Crippen LogP contribution in [0.1, 0.15) is 25.7 Å². The summed E-state index contributed by atoms with van der Waals surface area (Å²) in [5, 5.41) is 10.5. The van der Waals surface area contributed by atoms with Crippen molar-refractivity contribution >= 4 is 21.6 Å². The van der Waals surface area contributed by atoms with Gasteiger partial charge in [0.1, 0.15) is 0 Å². The molecular formula is C24H26O3S2. The molecular weight excluding hydrogens is 400 g/mol. The number of allylic oxidation sites excluding steroid dienone is 2. The molecule has 1 N–H and O–H groups in total. The van der Waals surface area contributed by atoms with Crippen LogP contribution in [0.25, 0.3) is 0 Å². The molecule has 2 aromatic carbocycles. The van der Waals surface area contributed by atoms with Crippen molar-refractivity contribution in [1.82, 2.24) is 0 Å². The van der Waals surface area contributed by atoms with E-state index in [-0.39, 0.29) is 22.5 Å². The molecule has 6 rings (SSSR count). The minimum atomic E-state index is -3.53. The zero-order chi connectivity index (χ0) is 20.1. The highest BCUT2D eigenvalue weighted by Crippen LogP contribution is 2.62. The first-order valence-electron chi connectivity index (χ1n) is 10.4. The summed E-state index contributed by atoms with van der Waals surface area (Å²) in [6.45, 7) is 0. The fourth-order valence-corrected chi connectivity index (χ4v) is 10.00. The molecule has 3 saturated carbocycles. The average molecular weight is 427 g/mol. The Morgan fingerprint density at radius 1 is 1.00 bits per heavy atom. The predicted octanol–water partition coefficient (Wildman–Crippen LogP) is 4.73. The molecule has 0 amide bonds. The number of aliphatic hydroxyl groups excluding tert-OH is 1. The van der Waals surface area contributed by atoms with Crippen molar-refractivity contribution in [2.45, 2.75) is 52.1 Å². The van der Waals surface area contributed by atoms with Gasteiger partial charge < -0.3 is 5.11 Å². The second-order valence-corrected chi connectivity index (χ2v) is 12.1. The summed E-state index contributed by atoms with van der Waals surface area (Å²) in [6.07, 6.45) is 7.23. The van der Waals surface area contributed by atoms with Gasteiger partial charge in [-0.1, -0.05) is 48.6 Å². The molecule has 29 heavy (non-hydrogen) atoms. The Labute approximate surface area is 177 Å². The third-order valence-electron chi connectivity index (χ3n) is 7.15. The highest BCUT2D eigenvalue weighted by molar-refractivity contribution is 8.00. The molecule has 0 radical (unpaired) electrons. The molecule has 0 aromatic heterocycles. The zero-order valence-corrected chi connectivity index (χ0v) is 17.9. The van der Waals surface area contributed by atoms with Crippen molar-refractivity contribution in [1.29, 1.82) is 0 Å². The first-order chi connectivity index (χ1) is 14.0. The molecule has 0 heterocycles. The summed E-state index contributed by atoms with van der Waals surface area (Å²) >= 11 is 1.80. The van der Waals surface area contributed by atoms with Crippen LogP contribution < -0.4 is 0 Å². The maximum atomic E-state index is 13.8. The van der Waals surface area contributed by atoms with Gasteiger partial charge in [0.15, 0.2) is 9.84 Å². The van der Waals surface area contributed by atoms with Gasteiger partial charge in [-0.2, -0.15) is 0 Å². The van der Waals surface area contributed by atoms with Crippen LogP contribution in [-0.2, 0) is 9.84 Å². The molecule has 4 aliphatic carbocycles. The van der Waals surface area contributed by atoms with Crippen molar-refractivity contribution in [3.63, 3.8) is 0 Å². The normalized spacial score (nSPS) is 36.0. The lowest BCUT2D eigenvalue weighted by Gasteiger charge is -2.60. The van der Waals surface area contributed by atoms with Crippen LogP contribution >= 0.6 is 11.8 Å². The van der Waals surface area contributed by atoms with Crippen LogP contribution in [0.4, 0.5) is 0 Å². The number of hydrogen-bond acceptors (Lipinski definition) is 4. The van der Waals surface area contributed by atoms with Crippen LogP contribution in [0, 0.1) is 17.3 Å². The first kappa shape index (κ1) is 19.4.